The van der Waals surface area contributed by atoms with Crippen molar-refractivity contribution in [2.75, 3.05) is 18.5 Å². The molecule has 3 rings (SSSR count). The molecule has 0 aliphatic carbocycles. The molecule has 0 spiro atoms. The molecule has 1 amide bonds. The molecule has 0 aliphatic rings. The van der Waals surface area contributed by atoms with E-state index in [1.165, 1.54) is 47.7 Å². The number of hydrogen-bond acceptors (Lipinski definition) is 5. The summed E-state index contributed by atoms with van der Waals surface area (Å²) in [5.41, 5.74) is 0.864. The number of benzene rings is 2. The van der Waals surface area contributed by atoms with Crippen LogP contribution in [-0.4, -0.2) is 33.7 Å². The Morgan fingerprint density at radius 1 is 1.09 bits per heavy atom. The Labute approximate surface area is 193 Å². The lowest BCUT2D eigenvalue weighted by Crippen LogP contribution is -2.26. The van der Waals surface area contributed by atoms with Gasteiger partial charge in [0.1, 0.15) is 5.75 Å². The quantitative estimate of drug-likeness (QED) is 0.445. The molecule has 0 saturated carbocycles. The monoisotopic (exact) mass is 498 g/mol. The predicted molar refractivity (Wildman–Crippen MR) is 120 cm³/mol. The highest BCUT2D eigenvalue weighted by molar-refractivity contribution is 7.89. The first-order valence-electron chi connectivity index (χ1n) is 9.77. The number of carbonyl (C=O) groups is 1. The minimum atomic E-state index is -4.52. The zero-order valence-corrected chi connectivity index (χ0v) is 19.1. The largest absolute Gasteiger partial charge is 0.482 e. The number of alkyl halides is 3. The first kappa shape index (κ1) is 24.7. The first-order chi connectivity index (χ1) is 15.5. The second-order valence-electron chi connectivity index (χ2n) is 7.11. The summed E-state index contributed by atoms with van der Waals surface area (Å²) < 4.78 is 69.8. The molecule has 0 bridgehead atoms. The molecule has 2 aromatic carbocycles. The van der Waals surface area contributed by atoms with E-state index in [9.17, 15) is 26.4 Å². The van der Waals surface area contributed by atoms with Crippen LogP contribution in [0.1, 0.15) is 20.8 Å². The van der Waals surface area contributed by atoms with Crippen LogP contribution in [0.15, 0.2) is 64.9 Å². The highest BCUT2D eigenvalue weighted by Crippen LogP contribution is 2.28. The lowest BCUT2D eigenvalue weighted by Gasteiger charge is -2.15. The van der Waals surface area contributed by atoms with Gasteiger partial charge in [0, 0.05) is 17.0 Å². The fraction of sp³-hybridized carbons (Fsp3) is 0.227. The molecular weight excluding hydrogens is 477 g/mol. The van der Waals surface area contributed by atoms with E-state index in [0.29, 0.717) is 12.0 Å². The van der Waals surface area contributed by atoms with Crippen molar-refractivity contribution < 1.29 is 31.1 Å². The van der Waals surface area contributed by atoms with Crippen LogP contribution in [0.3, 0.4) is 0 Å². The fourth-order valence-electron chi connectivity index (χ4n) is 2.84. The van der Waals surface area contributed by atoms with Gasteiger partial charge in [-0.1, -0.05) is 12.1 Å². The molecule has 3 aromatic rings. The summed E-state index contributed by atoms with van der Waals surface area (Å²) >= 11 is 1.54. The Hall–Kier alpha value is -2.89. The number of halogens is 3. The molecule has 11 heteroatoms. The normalized spacial score (nSPS) is 11.9. The molecule has 0 fully saturated rings. The second kappa shape index (κ2) is 10.4. The van der Waals surface area contributed by atoms with Crippen LogP contribution in [0.5, 0.6) is 5.75 Å². The van der Waals surface area contributed by atoms with E-state index in [4.69, 9.17) is 4.74 Å². The van der Waals surface area contributed by atoms with Crippen LogP contribution in [0.25, 0.3) is 0 Å². The van der Waals surface area contributed by atoms with Gasteiger partial charge in [-0.15, -0.1) is 11.3 Å². The maximum Gasteiger partial charge on any atom is 0.422 e. The maximum atomic E-state index is 12.6. The van der Waals surface area contributed by atoms with Crippen molar-refractivity contribution in [3.8, 4) is 5.75 Å². The molecular formula is C22H21F3N2O4S2. The molecule has 2 N–H and O–H groups in total. The molecule has 6 nitrogen and oxygen atoms in total. The van der Waals surface area contributed by atoms with Gasteiger partial charge in [-0.05, 0) is 66.8 Å². The minimum absolute atomic E-state index is 0.00485. The smallest absolute Gasteiger partial charge is 0.422 e. The number of carbonyl (C=O) groups excluding carboxylic acids is 1. The van der Waals surface area contributed by atoms with Gasteiger partial charge in [0.15, 0.2) is 6.61 Å². The summed E-state index contributed by atoms with van der Waals surface area (Å²) in [6, 6.07) is 13.5. The van der Waals surface area contributed by atoms with Gasteiger partial charge < -0.3 is 10.1 Å². The number of anilines is 1. The number of ether oxygens (including phenoxy) is 1. The van der Waals surface area contributed by atoms with E-state index in [-0.39, 0.29) is 28.4 Å². The van der Waals surface area contributed by atoms with Gasteiger partial charge in [-0.25, -0.2) is 13.1 Å². The van der Waals surface area contributed by atoms with Gasteiger partial charge in [-0.3, -0.25) is 4.79 Å². The number of thiophene rings is 1. The van der Waals surface area contributed by atoms with Crippen LogP contribution in [0.4, 0.5) is 18.9 Å². The van der Waals surface area contributed by atoms with Crippen molar-refractivity contribution in [2.24, 2.45) is 0 Å². The standard InChI is InChI=1S/C22H21F3N2O4S2/c1-15-4-9-19(20(13-15)31-14-22(23,24)25)27-21(28)16-5-7-18(8-6-16)33(29,30)26-11-10-17-3-2-12-32-17/h2-9,12-13,26H,10-11,14H2,1H3,(H,27,28). The van der Waals surface area contributed by atoms with Crippen LogP contribution in [-0.2, 0) is 16.4 Å². The van der Waals surface area contributed by atoms with Crippen molar-refractivity contribution in [1.29, 1.82) is 0 Å². The van der Waals surface area contributed by atoms with Crippen LogP contribution in [0.2, 0.25) is 0 Å². The van der Waals surface area contributed by atoms with E-state index in [1.54, 1.807) is 13.0 Å². The fourth-order valence-corrected chi connectivity index (χ4v) is 4.58. The Kier molecular flexibility index (Phi) is 7.77. The third-order valence-corrected chi connectivity index (χ3v) is 6.86. The van der Waals surface area contributed by atoms with Crippen molar-refractivity contribution >= 4 is 33.0 Å². The molecule has 1 heterocycles. The summed E-state index contributed by atoms with van der Waals surface area (Å²) in [6.07, 6.45) is -3.96. The van der Waals surface area contributed by atoms with E-state index >= 15 is 0 Å². The Balaban J connectivity index is 1.65. The molecule has 176 valence electrons. The molecule has 0 aliphatic heterocycles. The highest BCUT2D eigenvalue weighted by Gasteiger charge is 2.29. The number of nitrogens with one attached hydrogen (secondary N) is 2. The molecule has 0 unspecified atom stereocenters. The van der Waals surface area contributed by atoms with Crippen molar-refractivity contribution in [3.05, 3.63) is 76.0 Å². The molecule has 0 atom stereocenters. The van der Waals surface area contributed by atoms with E-state index in [1.807, 2.05) is 17.5 Å². The first-order valence-corrected chi connectivity index (χ1v) is 12.1. The van der Waals surface area contributed by atoms with E-state index in [2.05, 4.69) is 10.0 Å². The average Bonchev–Trinajstić information content (AvgIpc) is 3.27. The number of aryl methyl sites for hydroxylation is 1. The summed E-state index contributed by atoms with van der Waals surface area (Å²) in [7, 11) is -3.75. The maximum absolute atomic E-state index is 12.6. The van der Waals surface area contributed by atoms with Gasteiger partial charge in [-0.2, -0.15) is 13.2 Å². The molecule has 33 heavy (non-hydrogen) atoms. The van der Waals surface area contributed by atoms with Gasteiger partial charge in [0.25, 0.3) is 5.91 Å². The number of rotatable bonds is 9. The van der Waals surface area contributed by atoms with Crippen molar-refractivity contribution in [2.45, 2.75) is 24.4 Å². The Morgan fingerprint density at radius 3 is 2.45 bits per heavy atom. The topological polar surface area (TPSA) is 84.5 Å². The number of amides is 1. The number of sulfonamides is 1. The van der Waals surface area contributed by atoms with Gasteiger partial charge in [0.05, 0.1) is 10.6 Å². The van der Waals surface area contributed by atoms with Crippen molar-refractivity contribution in [3.63, 3.8) is 0 Å². The molecule has 0 radical (unpaired) electrons. The zero-order chi connectivity index (χ0) is 24.1. The third-order valence-electron chi connectivity index (χ3n) is 4.45. The summed E-state index contributed by atoms with van der Waals surface area (Å²) in [5, 5.41) is 4.42. The molecule has 0 saturated heterocycles. The van der Waals surface area contributed by atoms with E-state index in [0.717, 1.165) is 4.88 Å². The van der Waals surface area contributed by atoms with Crippen LogP contribution < -0.4 is 14.8 Å². The van der Waals surface area contributed by atoms with Crippen LogP contribution in [0, 0.1) is 6.92 Å². The Morgan fingerprint density at radius 2 is 1.82 bits per heavy atom. The average molecular weight is 499 g/mol. The highest BCUT2D eigenvalue weighted by atomic mass is 32.2. The lowest BCUT2D eigenvalue weighted by molar-refractivity contribution is -0.153. The molecule has 1 aromatic heterocycles. The predicted octanol–water partition coefficient (Wildman–Crippen LogP) is 4.77. The van der Waals surface area contributed by atoms with Crippen LogP contribution >= 0.6 is 11.3 Å². The SMILES string of the molecule is Cc1ccc(NC(=O)c2ccc(S(=O)(=O)NCCc3cccs3)cc2)c(OCC(F)(F)F)c1. The minimum Gasteiger partial charge on any atom is -0.482 e. The Bertz CT molecular complexity index is 1190. The summed E-state index contributed by atoms with van der Waals surface area (Å²) in [4.78, 5) is 13.6. The van der Waals surface area contributed by atoms with Gasteiger partial charge >= 0.3 is 6.18 Å². The summed E-state index contributed by atoms with van der Waals surface area (Å²) in [5.74, 6) is -0.736. The second-order valence-corrected chi connectivity index (χ2v) is 9.91. The van der Waals surface area contributed by atoms with Crippen molar-refractivity contribution in [1.82, 2.24) is 4.72 Å². The lowest BCUT2D eigenvalue weighted by atomic mass is 10.2. The zero-order valence-electron chi connectivity index (χ0n) is 17.5. The third kappa shape index (κ3) is 7.31. The van der Waals surface area contributed by atoms with Gasteiger partial charge in [0.2, 0.25) is 10.0 Å². The van der Waals surface area contributed by atoms with E-state index < -0.39 is 28.7 Å². The number of hydrogen-bond donors (Lipinski definition) is 2. The summed E-state index contributed by atoms with van der Waals surface area (Å²) in [6.45, 7) is 0.421.